The van der Waals surface area contributed by atoms with E-state index in [0.717, 1.165) is 22.4 Å². The molecule has 1 heterocycles. The molecule has 0 saturated carbocycles. The molecule has 5 heteroatoms. The maximum absolute atomic E-state index is 13.2. The minimum absolute atomic E-state index is 0.206. The van der Waals surface area contributed by atoms with Gasteiger partial charge >= 0.3 is 0 Å². The van der Waals surface area contributed by atoms with Crippen LogP contribution in [-0.2, 0) is 0 Å². The van der Waals surface area contributed by atoms with Crippen LogP contribution in [0.15, 0.2) is 82.7 Å². The third-order valence-corrected chi connectivity index (χ3v) is 4.56. The summed E-state index contributed by atoms with van der Waals surface area (Å²) in [6.45, 7) is 1.99. The molecule has 1 aromatic heterocycles. The van der Waals surface area contributed by atoms with Gasteiger partial charge in [0.25, 0.3) is 5.56 Å². The van der Waals surface area contributed by atoms with E-state index in [0.29, 0.717) is 16.7 Å². The quantitative estimate of drug-likeness (QED) is 0.505. The first-order valence-electron chi connectivity index (χ1n) is 8.93. The Morgan fingerprint density at radius 1 is 1.00 bits per heavy atom. The second-order valence-corrected chi connectivity index (χ2v) is 6.41. The summed E-state index contributed by atoms with van der Waals surface area (Å²) in [4.78, 5) is 17.9. The van der Waals surface area contributed by atoms with Gasteiger partial charge in [0.15, 0.2) is 5.82 Å². The Bertz CT molecular complexity index is 1240. The van der Waals surface area contributed by atoms with E-state index in [-0.39, 0.29) is 5.56 Å². The predicted molar refractivity (Wildman–Crippen MR) is 112 cm³/mol. The van der Waals surface area contributed by atoms with Gasteiger partial charge < -0.3 is 4.74 Å². The van der Waals surface area contributed by atoms with Crippen molar-refractivity contribution in [1.82, 2.24) is 9.66 Å². The molecule has 0 aliphatic carbocycles. The maximum atomic E-state index is 13.2. The van der Waals surface area contributed by atoms with Gasteiger partial charge in [-0.2, -0.15) is 9.78 Å². The summed E-state index contributed by atoms with van der Waals surface area (Å²) >= 11 is 0. The molecule has 138 valence electrons. The highest BCUT2D eigenvalue weighted by molar-refractivity contribution is 5.82. The molecule has 0 spiro atoms. The number of methoxy groups -OCH3 is 1. The molecule has 0 aliphatic rings. The molecule has 0 aliphatic heterocycles. The average Bonchev–Trinajstić information content (AvgIpc) is 2.73. The summed E-state index contributed by atoms with van der Waals surface area (Å²) in [7, 11) is 1.62. The monoisotopic (exact) mass is 369 g/mol. The fraction of sp³-hybridized carbons (Fsp3) is 0.0870. The smallest absolute Gasteiger partial charge is 0.282 e. The fourth-order valence-corrected chi connectivity index (χ4v) is 3.08. The van der Waals surface area contributed by atoms with Gasteiger partial charge in [-0.15, -0.1) is 0 Å². The number of hydrogen-bond acceptors (Lipinski definition) is 4. The summed E-state index contributed by atoms with van der Waals surface area (Å²) in [6.07, 6.45) is 1.64. The van der Waals surface area contributed by atoms with Crippen LogP contribution < -0.4 is 10.3 Å². The highest BCUT2D eigenvalue weighted by Crippen LogP contribution is 2.22. The van der Waals surface area contributed by atoms with Gasteiger partial charge in [0, 0.05) is 5.56 Å². The molecule has 0 amide bonds. The number of para-hydroxylation sites is 1. The first-order valence-corrected chi connectivity index (χ1v) is 8.93. The number of fused-ring (bicyclic) bond motifs is 1. The summed E-state index contributed by atoms with van der Waals surface area (Å²) in [5.74, 6) is 1.24. The minimum Gasteiger partial charge on any atom is -0.497 e. The lowest BCUT2D eigenvalue weighted by Crippen LogP contribution is -2.20. The largest absolute Gasteiger partial charge is 0.497 e. The first kappa shape index (κ1) is 17.7. The second kappa shape index (κ2) is 7.48. The van der Waals surface area contributed by atoms with Crippen molar-refractivity contribution < 1.29 is 4.74 Å². The van der Waals surface area contributed by atoms with Crippen LogP contribution in [0.1, 0.15) is 11.1 Å². The first-order chi connectivity index (χ1) is 13.7. The Kier molecular flexibility index (Phi) is 4.72. The molecular formula is C23H19N3O2. The van der Waals surface area contributed by atoms with E-state index in [4.69, 9.17) is 9.72 Å². The molecule has 5 nitrogen and oxygen atoms in total. The van der Waals surface area contributed by atoms with Crippen LogP contribution in [0.5, 0.6) is 5.75 Å². The van der Waals surface area contributed by atoms with Crippen LogP contribution in [0.25, 0.3) is 22.3 Å². The number of rotatable bonds is 4. The third kappa shape index (κ3) is 3.30. The Morgan fingerprint density at radius 3 is 2.61 bits per heavy atom. The fourth-order valence-electron chi connectivity index (χ4n) is 3.08. The molecule has 4 rings (SSSR count). The molecule has 0 atom stereocenters. The molecule has 3 aromatic carbocycles. The minimum atomic E-state index is -0.206. The van der Waals surface area contributed by atoms with Gasteiger partial charge in [0.05, 0.1) is 24.2 Å². The van der Waals surface area contributed by atoms with Crippen LogP contribution in [0.4, 0.5) is 0 Å². The SMILES string of the molecule is COc1cccc(/C=N/n2c(-c3ccccc3C)nc3ccccc3c2=O)c1. The summed E-state index contributed by atoms with van der Waals surface area (Å²) in [5, 5.41) is 5.01. The van der Waals surface area contributed by atoms with E-state index in [9.17, 15) is 4.79 Å². The van der Waals surface area contributed by atoms with E-state index >= 15 is 0 Å². The molecule has 28 heavy (non-hydrogen) atoms. The van der Waals surface area contributed by atoms with Crippen molar-refractivity contribution in [3.63, 3.8) is 0 Å². The Balaban J connectivity index is 1.94. The van der Waals surface area contributed by atoms with Gasteiger partial charge in [-0.1, -0.05) is 48.5 Å². The number of nitrogens with zero attached hydrogens (tertiary/aromatic N) is 3. The van der Waals surface area contributed by atoms with Gasteiger partial charge in [0.1, 0.15) is 5.75 Å². The van der Waals surface area contributed by atoms with Crippen LogP contribution in [-0.4, -0.2) is 23.0 Å². The van der Waals surface area contributed by atoms with Crippen LogP contribution in [0, 0.1) is 6.92 Å². The lowest BCUT2D eigenvalue weighted by atomic mass is 10.1. The van der Waals surface area contributed by atoms with Gasteiger partial charge in [-0.05, 0) is 42.3 Å². The number of benzene rings is 3. The Hall–Kier alpha value is -3.73. The summed E-state index contributed by atoms with van der Waals surface area (Å²) in [5.41, 5.74) is 3.17. The maximum Gasteiger partial charge on any atom is 0.282 e. The third-order valence-electron chi connectivity index (χ3n) is 4.56. The Labute approximate surface area is 162 Å². The zero-order valence-corrected chi connectivity index (χ0v) is 15.7. The van der Waals surface area contributed by atoms with Crippen molar-refractivity contribution >= 4 is 17.1 Å². The molecule has 0 N–H and O–H groups in total. The number of aromatic nitrogens is 2. The average molecular weight is 369 g/mol. The van der Waals surface area contributed by atoms with Crippen molar-refractivity contribution in [3.8, 4) is 17.1 Å². The van der Waals surface area contributed by atoms with E-state index in [1.54, 1.807) is 19.4 Å². The van der Waals surface area contributed by atoms with Crippen LogP contribution >= 0.6 is 0 Å². The molecule has 0 bridgehead atoms. The van der Waals surface area contributed by atoms with Gasteiger partial charge in [-0.25, -0.2) is 4.98 Å². The van der Waals surface area contributed by atoms with E-state index < -0.39 is 0 Å². The normalized spacial score (nSPS) is 11.2. The summed E-state index contributed by atoms with van der Waals surface area (Å²) < 4.78 is 6.62. The lowest BCUT2D eigenvalue weighted by molar-refractivity contribution is 0.415. The van der Waals surface area contributed by atoms with Gasteiger partial charge in [-0.3, -0.25) is 4.79 Å². The molecule has 0 unspecified atom stereocenters. The van der Waals surface area contributed by atoms with Crippen molar-refractivity contribution in [1.29, 1.82) is 0 Å². The van der Waals surface area contributed by atoms with E-state index in [1.165, 1.54) is 4.68 Å². The number of aryl methyl sites for hydroxylation is 1. The van der Waals surface area contributed by atoms with Crippen molar-refractivity contribution in [2.24, 2.45) is 5.10 Å². The lowest BCUT2D eigenvalue weighted by Gasteiger charge is -2.11. The highest BCUT2D eigenvalue weighted by Gasteiger charge is 2.13. The highest BCUT2D eigenvalue weighted by atomic mass is 16.5. The molecule has 0 saturated heterocycles. The number of hydrogen-bond donors (Lipinski definition) is 0. The van der Waals surface area contributed by atoms with Crippen molar-refractivity contribution in [2.45, 2.75) is 6.92 Å². The van der Waals surface area contributed by atoms with Crippen LogP contribution in [0.2, 0.25) is 0 Å². The molecule has 4 aromatic rings. The topological polar surface area (TPSA) is 56.5 Å². The van der Waals surface area contributed by atoms with E-state index in [1.807, 2.05) is 73.7 Å². The van der Waals surface area contributed by atoms with E-state index in [2.05, 4.69) is 5.10 Å². The number of ether oxygens (including phenoxy) is 1. The van der Waals surface area contributed by atoms with Crippen molar-refractivity contribution in [3.05, 3.63) is 94.3 Å². The molecular weight excluding hydrogens is 350 g/mol. The zero-order chi connectivity index (χ0) is 19.5. The Morgan fingerprint density at radius 2 is 1.79 bits per heavy atom. The van der Waals surface area contributed by atoms with Gasteiger partial charge in [0.2, 0.25) is 0 Å². The molecule has 0 radical (unpaired) electrons. The molecule has 0 fully saturated rings. The second-order valence-electron chi connectivity index (χ2n) is 6.41. The predicted octanol–water partition coefficient (Wildman–Crippen LogP) is 4.26. The van der Waals surface area contributed by atoms with Crippen LogP contribution in [0.3, 0.4) is 0 Å². The van der Waals surface area contributed by atoms with Crippen molar-refractivity contribution in [2.75, 3.05) is 7.11 Å². The summed E-state index contributed by atoms with van der Waals surface area (Å²) in [6, 6.07) is 22.6. The standard InChI is InChI=1S/C23H19N3O2/c1-16-8-3-4-11-19(16)22-25-21-13-6-5-12-20(21)23(27)26(22)24-15-17-9-7-10-18(14-17)28-2/h3-15H,1-2H3/b24-15+. The zero-order valence-electron chi connectivity index (χ0n) is 15.7.